The SMILES string of the molecule is CC(C)CC(CBr)(CBr)c1ccc(Br)cc1. The summed E-state index contributed by atoms with van der Waals surface area (Å²) < 4.78 is 1.14. The predicted octanol–water partition coefficient (Wildman–Crippen LogP) is 5.52. The van der Waals surface area contributed by atoms with E-state index in [2.05, 4.69) is 85.9 Å². The molecule has 0 amide bonds. The van der Waals surface area contributed by atoms with E-state index in [0.717, 1.165) is 15.1 Å². The monoisotopic (exact) mass is 410 g/mol. The highest BCUT2D eigenvalue weighted by Crippen LogP contribution is 2.35. The molecule has 3 heteroatoms. The molecular weight excluding hydrogens is 396 g/mol. The predicted molar refractivity (Wildman–Crippen MR) is 82.9 cm³/mol. The van der Waals surface area contributed by atoms with E-state index in [1.807, 2.05) is 0 Å². The van der Waals surface area contributed by atoms with Crippen LogP contribution in [0.5, 0.6) is 0 Å². The van der Waals surface area contributed by atoms with Crippen LogP contribution in [0, 0.1) is 5.92 Å². The molecule has 0 bridgehead atoms. The number of hydrogen-bond acceptors (Lipinski definition) is 0. The lowest BCUT2D eigenvalue weighted by molar-refractivity contribution is 0.417. The van der Waals surface area contributed by atoms with Crippen LogP contribution in [0.2, 0.25) is 0 Å². The third-order valence-electron chi connectivity index (χ3n) is 2.77. The average Bonchev–Trinajstić information content (AvgIpc) is 2.27. The summed E-state index contributed by atoms with van der Waals surface area (Å²) in [5.74, 6) is 0.693. The number of alkyl halides is 2. The van der Waals surface area contributed by atoms with Crippen molar-refractivity contribution in [3.8, 4) is 0 Å². The zero-order chi connectivity index (χ0) is 12.2. The molecule has 0 aliphatic rings. The standard InChI is InChI=1S/C13H17Br3/c1-10(2)7-13(8-14,9-15)11-3-5-12(16)6-4-11/h3-6,10H,7-9H2,1-2H3. The maximum Gasteiger partial charge on any atom is 0.0175 e. The second kappa shape index (κ2) is 6.55. The minimum atomic E-state index is 0.203. The second-order valence-electron chi connectivity index (χ2n) is 4.65. The molecule has 1 aromatic rings. The van der Waals surface area contributed by atoms with E-state index in [1.54, 1.807) is 0 Å². The van der Waals surface area contributed by atoms with Crippen molar-refractivity contribution in [1.29, 1.82) is 0 Å². The van der Waals surface area contributed by atoms with Crippen molar-refractivity contribution in [3.05, 3.63) is 34.3 Å². The normalized spacial score (nSPS) is 12.1. The Balaban J connectivity index is 3.04. The molecule has 0 aliphatic heterocycles. The summed E-state index contributed by atoms with van der Waals surface area (Å²) in [5, 5.41) is 1.98. The summed E-state index contributed by atoms with van der Waals surface area (Å²) >= 11 is 10.8. The third kappa shape index (κ3) is 3.58. The molecule has 0 aliphatic carbocycles. The van der Waals surface area contributed by atoms with Crippen LogP contribution < -0.4 is 0 Å². The largest absolute Gasteiger partial charge is 0.0918 e. The fourth-order valence-electron chi connectivity index (χ4n) is 2.00. The molecule has 0 fully saturated rings. The van der Waals surface area contributed by atoms with Crippen LogP contribution in [0.3, 0.4) is 0 Å². The van der Waals surface area contributed by atoms with Gasteiger partial charge in [0.25, 0.3) is 0 Å². The molecule has 0 N–H and O–H groups in total. The fourth-order valence-corrected chi connectivity index (χ4v) is 4.30. The van der Waals surface area contributed by atoms with Gasteiger partial charge in [-0.15, -0.1) is 0 Å². The molecule has 0 saturated carbocycles. The van der Waals surface area contributed by atoms with E-state index in [9.17, 15) is 0 Å². The molecule has 0 unspecified atom stereocenters. The maximum atomic E-state index is 3.68. The third-order valence-corrected chi connectivity index (χ3v) is 5.44. The Kier molecular flexibility index (Phi) is 6.03. The van der Waals surface area contributed by atoms with Gasteiger partial charge in [0.05, 0.1) is 0 Å². The molecule has 0 nitrogen and oxygen atoms in total. The van der Waals surface area contributed by atoms with E-state index < -0.39 is 0 Å². The second-order valence-corrected chi connectivity index (χ2v) is 6.69. The molecule has 1 rings (SSSR count). The summed E-state index contributed by atoms with van der Waals surface area (Å²) in [5.41, 5.74) is 1.60. The Morgan fingerprint density at radius 2 is 1.56 bits per heavy atom. The molecule has 90 valence electrons. The van der Waals surface area contributed by atoms with Gasteiger partial charge in [0.2, 0.25) is 0 Å². The summed E-state index contributed by atoms with van der Waals surface area (Å²) in [7, 11) is 0. The van der Waals surface area contributed by atoms with E-state index in [-0.39, 0.29) is 5.41 Å². The molecule has 0 radical (unpaired) electrons. The van der Waals surface area contributed by atoms with Gasteiger partial charge in [-0.3, -0.25) is 0 Å². The van der Waals surface area contributed by atoms with Crippen molar-refractivity contribution < 1.29 is 0 Å². The van der Waals surface area contributed by atoms with Crippen LogP contribution in [-0.2, 0) is 5.41 Å². The molecule has 0 heterocycles. The van der Waals surface area contributed by atoms with Crippen LogP contribution in [0.15, 0.2) is 28.7 Å². The van der Waals surface area contributed by atoms with Gasteiger partial charge in [-0.25, -0.2) is 0 Å². The molecule has 0 spiro atoms. The van der Waals surface area contributed by atoms with Crippen molar-refractivity contribution in [2.45, 2.75) is 25.7 Å². The first kappa shape index (κ1) is 14.7. The smallest absolute Gasteiger partial charge is 0.0175 e. The molecule has 0 aromatic heterocycles. The highest BCUT2D eigenvalue weighted by atomic mass is 79.9. The van der Waals surface area contributed by atoms with Crippen LogP contribution in [0.4, 0.5) is 0 Å². The molecule has 0 atom stereocenters. The Morgan fingerprint density at radius 1 is 1.06 bits per heavy atom. The molecular formula is C13H17Br3. The molecule has 1 aromatic carbocycles. The van der Waals surface area contributed by atoms with Gasteiger partial charge in [0.1, 0.15) is 0 Å². The number of halogens is 3. The fraction of sp³-hybridized carbons (Fsp3) is 0.538. The lowest BCUT2D eigenvalue weighted by atomic mass is 9.78. The summed E-state index contributed by atoms with van der Waals surface area (Å²) in [6, 6.07) is 8.68. The van der Waals surface area contributed by atoms with E-state index >= 15 is 0 Å². The van der Waals surface area contributed by atoms with Gasteiger partial charge in [-0.1, -0.05) is 73.8 Å². The molecule has 0 saturated heterocycles. The van der Waals surface area contributed by atoms with Crippen LogP contribution in [0.1, 0.15) is 25.8 Å². The Hall–Kier alpha value is 0.660. The van der Waals surface area contributed by atoms with Gasteiger partial charge in [-0.05, 0) is 30.0 Å². The number of hydrogen-bond donors (Lipinski definition) is 0. The van der Waals surface area contributed by atoms with Crippen molar-refractivity contribution in [2.75, 3.05) is 10.7 Å². The quantitative estimate of drug-likeness (QED) is 0.558. The Labute approximate surface area is 124 Å². The lowest BCUT2D eigenvalue weighted by Crippen LogP contribution is -2.31. The van der Waals surface area contributed by atoms with Crippen molar-refractivity contribution in [3.63, 3.8) is 0 Å². The van der Waals surface area contributed by atoms with Gasteiger partial charge in [0.15, 0.2) is 0 Å². The van der Waals surface area contributed by atoms with E-state index in [4.69, 9.17) is 0 Å². The Bertz CT molecular complexity index is 312. The summed E-state index contributed by atoms with van der Waals surface area (Å²) in [4.78, 5) is 0. The zero-order valence-electron chi connectivity index (χ0n) is 9.64. The maximum absolute atomic E-state index is 3.68. The van der Waals surface area contributed by atoms with Crippen molar-refractivity contribution >= 4 is 47.8 Å². The first-order chi connectivity index (χ1) is 7.54. The van der Waals surface area contributed by atoms with Gasteiger partial charge in [-0.2, -0.15) is 0 Å². The van der Waals surface area contributed by atoms with Crippen LogP contribution >= 0.6 is 47.8 Å². The first-order valence-electron chi connectivity index (χ1n) is 5.42. The first-order valence-corrected chi connectivity index (χ1v) is 8.45. The van der Waals surface area contributed by atoms with Gasteiger partial charge in [0, 0.05) is 20.5 Å². The number of benzene rings is 1. The minimum absolute atomic E-state index is 0.203. The average molecular weight is 413 g/mol. The minimum Gasteiger partial charge on any atom is -0.0918 e. The van der Waals surface area contributed by atoms with Gasteiger partial charge >= 0.3 is 0 Å². The number of rotatable bonds is 5. The topological polar surface area (TPSA) is 0 Å². The van der Waals surface area contributed by atoms with Crippen molar-refractivity contribution in [1.82, 2.24) is 0 Å². The summed E-state index contributed by atoms with van der Waals surface area (Å²) in [6.45, 7) is 4.55. The lowest BCUT2D eigenvalue weighted by Gasteiger charge is -2.32. The van der Waals surface area contributed by atoms with Crippen LogP contribution in [0.25, 0.3) is 0 Å². The van der Waals surface area contributed by atoms with E-state index in [0.29, 0.717) is 5.92 Å². The van der Waals surface area contributed by atoms with E-state index in [1.165, 1.54) is 12.0 Å². The van der Waals surface area contributed by atoms with Crippen LogP contribution in [-0.4, -0.2) is 10.7 Å². The van der Waals surface area contributed by atoms with Gasteiger partial charge < -0.3 is 0 Å². The van der Waals surface area contributed by atoms with Crippen molar-refractivity contribution in [2.24, 2.45) is 5.92 Å². The highest BCUT2D eigenvalue weighted by Gasteiger charge is 2.30. The zero-order valence-corrected chi connectivity index (χ0v) is 14.4. The molecule has 16 heavy (non-hydrogen) atoms. The summed E-state index contributed by atoms with van der Waals surface area (Å²) in [6.07, 6.45) is 1.19. The Morgan fingerprint density at radius 3 is 1.94 bits per heavy atom. The highest BCUT2D eigenvalue weighted by molar-refractivity contribution is 9.10.